The maximum atomic E-state index is 12.2. The van der Waals surface area contributed by atoms with E-state index in [0.29, 0.717) is 31.2 Å². The molecule has 2 heterocycles. The first-order chi connectivity index (χ1) is 11.4. The third-order valence-corrected chi connectivity index (χ3v) is 6.63. The number of benzene rings is 1. The van der Waals surface area contributed by atoms with Gasteiger partial charge < -0.3 is 10.2 Å². The average molecular weight is 372 g/mol. The highest BCUT2D eigenvalue weighted by Gasteiger charge is 2.47. The number of hydrogen-bond acceptors (Lipinski definition) is 4. The monoisotopic (exact) mass is 371 g/mol. The smallest absolute Gasteiger partial charge is 0.317 e. The summed E-state index contributed by atoms with van der Waals surface area (Å²) >= 11 is 5.92. The maximum Gasteiger partial charge on any atom is 0.317 e. The molecule has 132 valence electrons. The number of amides is 2. The standard InChI is InChI=1S/C16H22ClN3O3S/c1-2-18-16(21)20-8-7-19(9-12-3-5-13(17)6-4-12)14-10-24(22,23)11-15(14)20/h3-6,14-15H,2,7-11H2,1H3,(H,18,21)/t14-,15+/m1/s1. The highest BCUT2D eigenvalue weighted by molar-refractivity contribution is 7.91. The number of hydrogen-bond donors (Lipinski definition) is 1. The third-order valence-electron chi connectivity index (χ3n) is 4.68. The summed E-state index contributed by atoms with van der Waals surface area (Å²) in [6, 6.07) is 6.99. The molecule has 0 aromatic heterocycles. The Hall–Kier alpha value is -1.31. The Morgan fingerprint density at radius 2 is 1.88 bits per heavy atom. The van der Waals surface area contributed by atoms with Crippen LogP contribution in [0.15, 0.2) is 24.3 Å². The van der Waals surface area contributed by atoms with Crippen molar-refractivity contribution >= 4 is 27.5 Å². The van der Waals surface area contributed by atoms with Gasteiger partial charge in [-0.2, -0.15) is 0 Å². The highest BCUT2D eigenvalue weighted by Crippen LogP contribution is 2.28. The first-order valence-electron chi connectivity index (χ1n) is 8.13. The van der Waals surface area contributed by atoms with Gasteiger partial charge in [-0.15, -0.1) is 0 Å². The van der Waals surface area contributed by atoms with Crippen LogP contribution in [0.25, 0.3) is 0 Å². The number of rotatable bonds is 3. The molecule has 0 unspecified atom stereocenters. The topological polar surface area (TPSA) is 69.7 Å². The lowest BCUT2D eigenvalue weighted by Crippen LogP contribution is -2.61. The lowest BCUT2D eigenvalue weighted by atomic mass is 10.0. The van der Waals surface area contributed by atoms with Gasteiger partial charge in [0, 0.05) is 37.2 Å². The minimum absolute atomic E-state index is 0.0475. The van der Waals surface area contributed by atoms with Gasteiger partial charge >= 0.3 is 6.03 Å². The largest absolute Gasteiger partial charge is 0.338 e. The van der Waals surface area contributed by atoms with E-state index in [0.717, 1.165) is 5.56 Å². The molecule has 6 nitrogen and oxygen atoms in total. The zero-order valence-corrected chi connectivity index (χ0v) is 15.2. The van der Waals surface area contributed by atoms with E-state index in [1.54, 1.807) is 4.90 Å². The summed E-state index contributed by atoms with van der Waals surface area (Å²) in [5.74, 6) is 0.160. The Labute approximate surface area is 147 Å². The van der Waals surface area contributed by atoms with E-state index in [-0.39, 0.29) is 29.6 Å². The molecule has 2 atom stereocenters. The Morgan fingerprint density at radius 1 is 1.21 bits per heavy atom. The number of nitrogens with zero attached hydrogens (tertiary/aromatic N) is 2. The van der Waals surface area contributed by atoms with Gasteiger partial charge in [0.15, 0.2) is 9.84 Å². The second-order valence-corrected chi connectivity index (χ2v) is 8.93. The van der Waals surface area contributed by atoms with Gasteiger partial charge in [0.2, 0.25) is 0 Å². The molecule has 2 aliphatic rings. The summed E-state index contributed by atoms with van der Waals surface area (Å²) < 4.78 is 24.3. The zero-order chi connectivity index (χ0) is 17.3. The molecule has 0 saturated carbocycles. The second-order valence-electron chi connectivity index (χ2n) is 6.34. The fourth-order valence-electron chi connectivity index (χ4n) is 3.55. The lowest BCUT2D eigenvalue weighted by molar-refractivity contribution is 0.0608. The minimum Gasteiger partial charge on any atom is -0.338 e. The Bertz CT molecular complexity index is 708. The summed E-state index contributed by atoms with van der Waals surface area (Å²) in [7, 11) is -3.13. The van der Waals surface area contributed by atoms with E-state index in [1.165, 1.54) is 0 Å². The average Bonchev–Trinajstić information content (AvgIpc) is 2.85. The fourth-order valence-corrected chi connectivity index (χ4v) is 5.69. The number of halogens is 1. The SMILES string of the molecule is CCNC(=O)N1CCN(Cc2ccc(Cl)cc2)[C@@H]2CS(=O)(=O)C[C@@H]21. The Morgan fingerprint density at radius 3 is 2.54 bits per heavy atom. The van der Waals surface area contributed by atoms with Crippen LogP contribution in [0.2, 0.25) is 5.02 Å². The molecule has 1 aromatic rings. The maximum absolute atomic E-state index is 12.2. The van der Waals surface area contributed by atoms with Gasteiger partial charge in [-0.05, 0) is 24.6 Å². The van der Waals surface area contributed by atoms with Crippen molar-refractivity contribution < 1.29 is 13.2 Å². The van der Waals surface area contributed by atoms with Crippen molar-refractivity contribution in [3.05, 3.63) is 34.9 Å². The predicted molar refractivity (Wildman–Crippen MR) is 93.9 cm³/mol. The zero-order valence-electron chi connectivity index (χ0n) is 13.6. The molecule has 3 rings (SSSR count). The van der Waals surface area contributed by atoms with Crippen LogP contribution in [0.1, 0.15) is 12.5 Å². The van der Waals surface area contributed by atoms with Crippen molar-refractivity contribution in [2.75, 3.05) is 31.1 Å². The number of carbonyl (C=O) groups excluding carboxylic acids is 1. The Balaban J connectivity index is 1.79. The first kappa shape index (κ1) is 17.5. The van der Waals surface area contributed by atoms with Gasteiger partial charge in [0.1, 0.15) is 0 Å². The van der Waals surface area contributed by atoms with Crippen molar-refractivity contribution in [1.29, 1.82) is 0 Å². The van der Waals surface area contributed by atoms with Gasteiger partial charge in [-0.25, -0.2) is 13.2 Å². The molecular formula is C16H22ClN3O3S. The van der Waals surface area contributed by atoms with Crippen LogP contribution < -0.4 is 5.32 Å². The lowest BCUT2D eigenvalue weighted by Gasteiger charge is -2.43. The van der Waals surface area contributed by atoms with Gasteiger partial charge in [0.25, 0.3) is 0 Å². The van der Waals surface area contributed by atoms with Gasteiger partial charge in [-0.1, -0.05) is 23.7 Å². The minimum atomic E-state index is -3.13. The van der Waals surface area contributed by atoms with Crippen molar-refractivity contribution in [1.82, 2.24) is 15.1 Å². The van der Waals surface area contributed by atoms with Crippen LogP contribution in [0.3, 0.4) is 0 Å². The van der Waals surface area contributed by atoms with Crippen LogP contribution in [0, 0.1) is 0 Å². The molecule has 24 heavy (non-hydrogen) atoms. The molecule has 0 radical (unpaired) electrons. The molecule has 2 aliphatic heterocycles. The van der Waals surface area contributed by atoms with E-state index in [9.17, 15) is 13.2 Å². The molecule has 1 N–H and O–H groups in total. The molecule has 2 amide bonds. The van der Waals surface area contributed by atoms with Crippen molar-refractivity contribution in [3.63, 3.8) is 0 Å². The molecule has 0 spiro atoms. The van der Waals surface area contributed by atoms with Gasteiger partial charge in [0.05, 0.1) is 17.5 Å². The fraction of sp³-hybridized carbons (Fsp3) is 0.562. The van der Waals surface area contributed by atoms with Crippen LogP contribution in [-0.2, 0) is 16.4 Å². The third kappa shape index (κ3) is 3.68. The normalized spacial score (nSPS) is 26.2. The molecule has 8 heteroatoms. The van der Waals surface area contributed by atoms with E-state index in [1.807, 2.05) is 31.2 Å². The second kappa shape index (κ2) is 6.90. The van der Waals surface area contributed by atoms with E-state index < -0.39 is 9.84 Å². The molecule has 2 saturated heterocycles. The first-order valence-corrected chi connectivity index (χ1v) is 10.3. The van der Waals surface area contributed by atoms with Crippen molar-refractivity contribution in [2.45, 2.75) is 25.6 Å². The number of carbonyl (C=O) groups is 1. The van der Waals surface area contributed by atoms with E-state index in [2.05, 4.69) is 10.2 Å². The Kier molecular flexibility index (Phi) is 5.03. The van der Waals surface area contributed by atoms with Crippen LogP contribution in [-0.4, -0.2) is 67.5 Å². The summed E-state index contributed by atoms with van der Waals surface area (Å²) in [6.07, 6.45) is 0. The van der Waals surface area contributed by atoms with E-state index in [4.69, 9.17) is 11.6 Å². The molecule has 0 bridgehead atoms. The summed E-state index contributed by atoms with van der Waals surface area (Å²) in [5.41, 5.74) is 1.09. The number of sulfone groups is 1. The molecular weight excluding hydrogens is 350 g/mol. The van der Waals surface area contributed by atoms with Crippen LogP contribution in [0.5, 0.6) is 0 Å². The number of piperazine rings is 1. The summed E-state index contributed by atoms with van der Waals surface area (Å²) in [5, 5.41) is 3.47. The highest BCUT2D eigenvalue weighted by atomic mass is 35.5. The van der Waals surface area contributed by atoms with Crippen LogP contribution in [0.4, 0.5) is 4.79 Å². The predicted octanol–water partition coefficient (Wildman–Crippen LogP) is 1.35. The number of urea groups is 1. The number of fused-ring (bicyclic) bond motifs is 1. The van der Waals surface area contributed by atoms with E-state index >= 15 is 0 Å². The van der Waals surface area contributed by atoms with Crippen LogP contribution >= 0.6 is 11.6 Å². The molecule has 0 aliphatic carbocycles. The molecule has 2 fully saturated rings. The van der Waals surface area contributed by atoms with Crippen molar-refractivity contribution in [2.24, 2.45) is 0 Å². The van der Waals surface area contributed by atoms with Gasteiger partial charge in [-0.3, -0.25) is 4.90 Å². The number of nitrogens with one attached hydrogen (secondary N) is 1. The quantitative estimate of drug-likeness (QED) is 0.870. The van der Waals surface area contributed by atoms with Crippen molar-refractivity contribution in [3.8, 4) is 0 Å². The summed E-state index contributed by atoms with van der Waals surface area (Å²) in [6.45, 7) is 4.26. The molecule has 1 aromatic carbocycles. The summed E-state index contributed by atoms with van der Waals surface area (Å²) in [4.78, 5) is 16.1.